The number of benzene rings is 2. The van der Waals surface area contributed by atoms with Gasteiger partial charge in [0.1, 0.15) is 0 Å². The van der Waals surface area contributed by atoms with Gasteiger partial charge in [-0.15, -0.1) is 0 Å². The van der Waals surface area contributed by atoms with Crippen molar-refractivity contribution in [2.24, 2.45) is 0 Å². The van der Waals surface area contributed by atoms with Gasteiger partial charge in [0.05, 0.1) is 16.7 Å². The average Bonchev–Trinajstić information content (AvgIpc) is 2.94. The van der Waals surface area contributed by atoms with Gasteiger partial charge in [-0.3, -0.25) is 4.79 Å². The molecule has 0 saturated heterocycles. The maximum atomic E-state index is 12.9. The lowest BCUT2D eigenvalue weighted by Gasteiger charge is -2.23. The molecule has 0 atom stereocenters. The standard InChI is InChI=1S/C19H15F6NO2/c20-18(21,22)14-5-13(6-15(7-14)19(23,24)25)16(27)26-10-17(28)8-11-3-1-2-4-12(11)9-17/h1-7,28H,8-10H2,(H,26,27). The molecule has 1 amide bonds. The predicted octanol–water partition coefficient (Wildman–Crippen LogP) is 3.98. The number of amides is 1. The molecule has 3 nitrogen and oxygen atoms in total. The van der Waals surface area contributed by atoms with Crippen molar-refractivity contribution in [3.63, 3.8) is 0 Å². The van der Waals surface area contributed by atoms with E-state index < -0.39 is 40.6 Å². The topological polar surface area (TPSA) is 49.3 Å². The zero-order valence-electron chi connectivity index (χ0n) is 14.3. The first-order valence-electron chi connectivity index (χ1n) is 8.24. The monoisotopic (exact) mass is 403 g/mol. The van der Waals surface area contributed by atoms with E-state index in [4.69, 9.17) is 0 Å². The van der Waals surface area contributed by atoms with Crippen molar-refractivity contribution < 1.29 is 36.2 Å². The second-order valence-electron chi connectivity index (χ2n) is 6.82. The molecule has 150 valence electrons. The van der Waals surface area contributed by atoms with Crippen LogP contribution in [-0.2, 0) is 25.2 Å². The Kier molecular flexibility index (Phi) is 4.91. The van der Waals surface area contributed by atoms with Crippen molar-refractivity contribution in [1.29, 1.82) is 0 Å². The SMILES string of the molecule is O=C(NCC1(O)Cc2ccccc2C1)c1cc(C(F)(F)F)cc(C(F)(F)F)c1. The molecule has 0 saturated carbocycles. The van der Waals surface area contributed by atoms with Gasteiger partial charge in [0.2, 0.25) is 0 Å². The van der Waals surface area contributed by atoms with Gasteiger partial charge in [0, 0.05) is 24.9 Å². The Hall–Kier alpha value is -2.55. The van der Waals surface area contributed by atoms with Gasteiger partial charge < -0.3 is 10.4 Å². The second kappa shape index (κ2) is 6.80. The number of nitrogens with one attached hydrogen (secondary N) is 1. The summed E-state index contributed by atoms with van der Waals surface area (Å²) >= 11 is 0. The summed E-state index contributed by atoms with van der Waals surface area (Å²) in [5.74, 6) is -1.12. The first-order chi connectivity index (χ1) is 12.9. The molecule has 2 aromatic carbocycles. The highest BCUT2D eigenvalue weighted by atomic mass is 19.4. The maximum Gasteiger partial charge on any atom is 0.416 e. The minimum Gasteiger partial charge on any atom is -0.387 e. The second-order valence-corrected chi connectivity index (χ2v) is 6.82. The minimum atomic E-state index is -5.04. The Morgan fingerprint density at radius 1 is 0.929 bits per heavy atom. The van der Waals surface area contributed by atoms with Gasteiger partial charge in [0.15, 0.2) is 0 Å². The van der Waals surface area contributed by atoms with Gasteiger partial charge in [-0.1, -0.05) is 24.3 Å². The molecule has 0 bridgehead atoms. The molecule has 9 heteroatoms. The number of hydrogen-bond acceptors (Lipinski definition) is 2. The van der Waals surface area contributed by atoms with Crippen LogP contribution in [0, 0.1) is 0 Å². The Balaban J connectivity index is 1.79. The van der Waals surface area contributed by atoms with Crippen LogP contribution in [0.4, 0.5) is 26.3 Å². The fraction of sp³-hybridized carbons (Fsp3) is 0.316. The van der Waals surface area contributed by atoms with E-state index in [1.807, 2.05) is 0 Å². The Bertz CT molecular complexity index is 847. The van der Waals surface area contributed by atoms with Crippen LogP contribution in [0.1, 0.15) is 32.6 Å². The molecule has 0 heterocycles. The molecular weight excluding hydrogens is 388 g/mol. The Labute approximate surface area is 156 Å². The number of rotatable bonds is 3. The number of carbonyl (C=O) groups excluding carboxylic acids is 1. The zero-order valence-corrected chi connectivity index (χ0v) is 14.3. The van der Waals surface area contributed by atoms with Crippen molar-refractivity contribution in [2.75, 3.05) is 6.54 Å². The first kappa shape index (κ1) is 20.2. The molecule has 0 aliphatic heterocycles. The van der Waals surface area contributed by atoms with E-state index in [1.54, 1.807) is 24.3 Å². The van der Waals surface area contributed by atoms with Crippen molar-refractivity contribution in [2.45, 2.75) is 30.8 Å². The molecule has 2 aromatic rings. The number of fused-ring (bicyclic) bond motifs is 1. The molecular formula is C19H15F6NO2. The van der Waals surface area contributed by atoms with E-state index in [9.17, 15) is 36.2 Å². The van der Waals surface area contributed by atoms with Gasteiger partial charge in [0.25, 0.3) is 5.91 Å². The number of aliphatic hydroxyl groups is 1. The highest BCUT2D eigenvalue weighted by Gasteiger charge is 2.38. The third-order valence-electron chi connectivity index (χ3n) is 4.59. The van der Waals surface area contributed by atoms with Gasteiger partial charge in [-0.2, -0.15) is 26.3 Å². The highest BCUT2D eigenvalue weighted by molar-refractivity contribution is 5.94. The van der Waals surface area contributed by atoms with Crippen molar-refractivity contribution in [3.05, 3.63) is 70.3 Å². The van der Waals surface area contributed by atoms with Crippen molar-refractivity contribution >= 4 is 5.91 Å². The van der Waals surface area contributed by atoms with E-state index in [0.717, 1.165) is 11.1 Å². The van der Waals surface area contributed by atoms with Crippen LogP contribution in [-0.4, -0.2) is 23.2 Å². The van der Waals surface area contributed by atoms with Crippen molar-refractivity contribution in [3.8, 4) is 0 Å². The maximum absolute atomic E-state index is 12.9. The molecule has 0 unspecified atom stereocenters. The van der Waals surface area contributed by atoms with Crippen LogP contribution in [0.5, 0.6) is 0 Å². The highest BCUT2D eigenvalue weighted by Crippen LogP contribution is 2.36. The molecule has 1 aliphatic rings. The van der Waals surface area contributed by atoms with Gasteiger partial charge in [-0.05, 0) is 29.3 Å². The summed E-state index contributed by atoms with van der Waals surface area (Å²) < 4.78 is 77.4. The average molecular weight is 403 g/mol. The fourth-order valence-electron chi connectivity index (χ4n) is 3.23. The summed E-state index contributed by atoms with van der Waals surface area (Å²) in [5, 5.41) is 12.9. The fourth-order valence-corrected chi connectivity index (χ4v) is 3.23. The zero-order chi connectivity index (χ0) is 20.7. The van der Waals surface area contributed by atoms with E-state index in [-0.39, 0.29) is 25.5 Å². The molecule has 0 radical (unpaired) electrons. The molecule has 0 aromatic heterocycles. The lowest BCUT2D eigenvalue weighted by atomic mass is 10.00. The number of alkyl halides is 6. The smallest absolute Gasteiger partial charge is 0.387 e. The first-order valence-corrected chi connectivity index (χ1v) is 8.24. The van der Waals surface area contributed by atoms with E-state index >= 15 is 0 Å². The molecule has 0 fully saturated rings. The summed E-state index contributed by atoms with van der Waals surface area (Å²) in [5.41, 5.74) is -3.52. The van der Waals surface area contributed by atoms with E-state index in [2.05, 4.69) is 5.32 Å². The van der Waals surface area contributed by atoms with Gasteiger partial charge >= 0.3 is 12.4 Å². The summed E-state index contributed by atoms with van der Waals surface area (Å²) in [6, 6.07) is 7.85. The number of halogens is 6. The molecule has 28 heavy (non-hydrogen) atoms. The molecule has 2 N–H and O–H groups in total. The normalized spacial score (nSPS) is 16.0. The van der Waals surface area contributed by atoms with E-state index in [1.165, 1.54) is 0 Å². The van der Waals surface area contributed by atoms with Crippen molar-refractivity contribution in [1.82, 2.24) is 5.32 Å². The van der Waals surface area contributed by atoms with Crippen LogP contribution in [0.25, 0.3) is 0 Å². The van der Waals surface area contributed by atoms with Gasteiger partial charge in [-0.25, -0.2) is 0 Å². The predicted molar refractivity (Wildman–Crippen MR) is 87.6 cm³/mol. The Morgan fingerprint density at radius 3 is 1.82 bits per heavy atom. The molecule has 1 aliphatic carbocycles. The number of carbonyl (C=O) groups is 1. The lowest BCUT2D eigenvalue weighted by Crippen LogP contribution is -2.43. The van der Waals surface area contributed by atoms with Crippen LogP contribution >= 0.6 is 0 Å². The summed E-state index contributed by atoms with van der Waals surface area (Å²) in [6.07, 6.45) is -9.64. The van der Waals surface area contributed by atoms with Crippen LogP contribution in [0.15, 0.2) is 42.5 Å². The van der Waals surface area contributed by atoms with Crippen LogP contribution < -0.4 is 5.32 Å². The largest absolute Gasteiger partial charge is 0.416 e. The third-order valence-corrected chi connectivity index (χ3v) is 4.59. The van der Waals surface area contributed by atoms with E-state index in [0.29, 0.717) is 12.1 Å². The van der Waals surface area contributed by atoms with Crippen LogP contribution in [0.2, 0.25) is 0 Å². The van der Waals surface area contributed by atoms with Crippen LogP contribution in [0.3, 0.4) is 0 Å². The summed E-state index contributed by atoms with van der Waals surface area (Å²) in [7, 11) is 0. The minimum absolute atomic E-state index is 0.0437. The lowest BCUT2D eigenvalue weighted by molar-refractivity contribution is -0.143. The number of hydrogen-bond donors (Lipinski definition) is 2. The third kappa shape index (κ3) is 4.30. The Morgan fingerprint density at radius 2 is 1.39 bits per heavy atom. The summed E-state index contributed by atoms with van der Waals surface area (Å²) in [6.45, 7) is -0.307. The molecule has 3 rings (SSSR count). The quantitative estimate of drug-likeness (QED) is 0.762. The molecule has 0 spiro atoms. The summed E-state index contributed by atoms with van der Waals surface area (Å²) in [4.78, 5) is 12.2.